The van der Waals surface area contributed by atoms with E-state index in [2.05, 4.69) is 39.6 Å². The Hall–Kier alpha value is -0.570. The van der Waals surface area contributed by atoms with Crippen LogP contribution in [-0.2, 0) is 5.41 Å². The Balaban J connectivity index is 3.05. The summed E-state index contributed by atoms with van der Waals surface area (Å²) in [7, 11) is 0. The van der Waals surface area contributed by atoms with Crippen LogP contribution in [0.1, 0.15) is 57.7 Å². The maximum absolute atomic E-state index is 5.97. The Bertz CT molecular complexity index is 310. The number of nitrogens with zero attached hydrogens (tertiary/aromatic N) is 1. The number of anilines is 1. The molecule has 1 heterocycles. The van der Waals surface area contributed by atoms with Crippen molar-refractivity contribution in [3.05, 3.63) is 10.7 Å². The van der Waals surface area contributed by atoms with Gasteiger partial charge in [0.25, 0.3) is 0 Å². The van der Waals surface area contributed by atoms with Crippen LogP contribution in [0.25, 0.3) is 0 Å². The van der Waals surface area contributed by atoms with Crippen LogP contribution in [0.2, 0.25) is 0 Å². The lowest BCUT2D eigenvalue weighted by Crippen LogP contribution is -2.10. The fourth-order valence-corrected chi connectivity index (χ4v) is 2.22. The Morgan fingerprint density at radius 2 is 2.00 bits per heavy atom. The van der Waals surface area contributed by atoms with Crippen LogP contribution < -0.4 is 5.73 Å². The molecule has 0 aromatic carbocycles. The Labute approximate surface area is 90.6 Å². The van der Waals surface area contributed by atoms with Crippen LogP contribution >= 0.6 is 11.3 Å². The number of rotatable bonds is 2. The number of hydrogen-bond donors (Lipinski definition) is 1. The standard InChI is InChI=1S/C11H20N2S/c1-6-7(2)8-9(12)14-10(13-8)11(3,4)5/h7H,6,12H2,1-5H3. The van der Waals surface area contributed by atoms with E-state index >= 15 is 0 Å². The maximum atomic E-state index is 5.97. The molecule has 1 rings (SSSR count). The van der Waals surface area contributed by atoms with E-state index in [1.54, 1.807) is 11.3 Å². The minimum absolute atomic E-state index is 0.116. The largest absolute Gasteiger partial charge is 0.389 e. The third kappa shape index (κ3) is 2.27. The van der Waals surface area contributed by atoms with E-state index in [0.717, 1.165) is 22.1 Å². The summed E-state index contributed by atoms with van der Waals surface area (Å²) in [5.41, 5.74) is 7.17. The van der Waals surface area contributed by atoms with E-state index in [1.165, 1.54) is 0 Å². The monoisotopic (exact) mass is 212 g/mol. The van der Waals surface area contributed by atoms with Crippen molar-refractivity contribution in [1.29, 1.82) is 0 Å². The molecule has 3 heteroatoms. The van der Waals surface area contributed by atoms with Gasteiger partial charge < -0.3 is 5.73 Å². The SMILES string of the molecule is CCC(C)c1nc(C(C)(C)C)sc1N. The molecule has 0 fully saturated rings. The summed E-state index contributed by atoms with van der Waals surface area (Å²) in [4.78, 5) is 4.65. The zero-order valence-corrected chi connectivity index (χ0v) is 10.5. The molecule has 0 aliphatic carbocycles. The predicted octanol–water partition coefficient (Wildman–Crippen LogP) is 3.54. The quantitative estimate of drug-likeness (QED) is 0.814. The van der Waals surface area contributed by atoms with Crippen LogP contribution in [0.15, 0.2) is 0 Å². The first-order chi connectivity index (χ1) is 6.36. The third-order valence-corrected chi connectivity index (χ3v) is 3.73. The fourth-order valence-electron chi connectivity index (χ4n) is 1.21. The van der Waals surface area contributed by atoms with E-state index in [1.807, 2.05) is 0 Å². The second kappa shape index (κ2) is 3.89. The second-order valence-corrected chi connectivity index (χ2v) is 5.86. The molecule has 1 aromatic heterocycles. The Morgan fingerprint density at radius 3 is 2.36 bits per heavy atom. The number of aromatic nitrogens is 1. The second-order valence-electron chi connectivity index (χ2n) is 4.83. The molecule has 0 aliphatic heterocycles. The molecule has 0 radical (unpaired) electrons. The molecule has 2 N–H and O–H groups in total. The van der Waals surface area contributed by atoms with Gasteiger partial charge in [0.2, 0.25) is 0 Å². The zero-order valence-electron chi connectivity index (χ0n) is 9.72. The van der Waals surface area contributed by atoms with Gasteiger partial charge in [-0.2, -0.15) is 0 Å². The smallest absolute Gasteiger partial charge is 0.110 e. The summed E-state index contributed by atoms with van der Waals surface area (Å²) in [6.07, 6.45) is 1.09. The fraction of sp³-hybridized carbons (Fsp3) is 0.727. The molecule has 2 nitrogen and oxygen atoms in total. The zero-order chi connectivity index (χ0) is 10.9. The van der Waals surface area contributed by atoms with E-state index < -0.39 is 0 Å². The van der Waals surface area contributed by atoms with Crippen molar-refractivity contribution in [2.24, 2.45) is 0 Å². The highest BCUT2D eigenvalue weighted by Crippen LogP contribution is 2.34. The number of nitrogens with two attached hydrogens (primary N) is 1. The molecule has 0 saturated heterocycles. The average molecular weight is 212 g/mol. The molecule has 0 spiro atoms. The van der Waals surface area contributed by atoms with E-state index in [9.17, 15) is 0 Å². The summed E-state index contributed by atoms with van der Waals surface area (Å²) in [5.74, 6) is 0.474. The van der Waals surface area contributed by atoms with Crippen LogP contribution in [0.5, 0.6) is 0 Å². The first-order valence-corrected chi connectivity index (χ1v) is 5.94. The lowest BCUT2D eigenvalue weighted by Gasteiger charge is -2.13. The van der Waals surface area contributed by atoms with Crippen LogP contribution in [0, 0.1) is 0 Å². The molecule has 80 valence electrons. The number of thiazole rings is 1. The van der Waals surface area contributed by atoms with E-state index in [4.69, 9.17) is 5.73 Å². The summed E-state index contributed by atoms with van der Waals surface area (Å²) in [6, 6.07) is 0. The summed E-state index contributed by atoms with van der Waals surface area (Å²) in [6.45, 7) is 10.9. The number of hydrogen-bond acceptors (Lipinski definition) is 3. The Kier molecular flexibility index (Phi) is 3.20. The highest BCUT2D eigenvalue weighted by molar-refractivity contribution is 7.15. The van der Waals surface area contributed by atoms with Crippen LogP contribution in [0.3, 0.4) is 0 Å². The lowest BCUT2D eigenvalue weighted by molar-refractivity contribution is 0.578. The summed E-state index contributed by atoms with van der Waals surface area (Å²) >= 11 is 1.63. The van der Waals surface area contributed by atoms with Gasteiger partial charge in [-0.15, -0.1) is 11.3 Å². The molecular formula is C11H20N2S. The van der Waals surface area contributed by atoms with Crippen LogP contribution in [-0.4, -0.2) is 4.98 Å². The molecule has 0 amide bonds. The number of nitrogen functional groups attached to an aromatic ring is 1. The van der Waals surface area contributed by atoms with Gasteiger partial charge in [-0.25, -0.2) is 4.98 Å². The predicted molar refractivity (Wildman–Crippen MR) is 63.9 cm³/mol. The van der Waals surface area contributed by atoms with Gasteiger partial charge >= 0.3 is 0 Å². The first-order valence-electron chi connectivity index (χ1n) is 5.13. The molecule has 1 atom stereocenters. The van der Waals surface area contributed by atoms with Crippen LogP contribution in [0.4, 0.5) is 5.00 Å². The minimum atomic E-state index is 0.116. The third-order valence-electron chi connectivity index (χ3n) is 2.40. The normalized spacial score (nSPS) is 14.4. The van der Waals surface area contributed by atoms with Crippen molar-refractivity contribution >= 4 is 16.3 Å². The molecule has 1 unspecified atom stereocenters. The minimum Gasteiger partial charge on any atom is -0.389 e. The Morgan fingerprint density at radius 1 is 1.43 bits per heavy atom. The van der Waals surface area contributed by atoms with Crippen molar-refractivity contribution in [2.75, 3.05) is 5.73 Å². The molecule has 0 saturated carbocycles. The summed E-state index contributed by atoms with van der Waals surface area (Å²) in [5, 5.41) is 2.04. The van der Waals surface area contributed by atoms with Crippen molar-refractivity contribution in [1.82, 2.24) is 4.98 Å². The van der Waals surface area contributed by atoms with Crippen molar-refractivity contribution < 1.29 is 0 Å². The van der Waals surface area contributed by atoms with Gasteiger partial charge in [0.15, 0.2) is 0 Å². The molecule has 14 heavy (non-hydrogen) atoms. The lowest BCUT2D eigenvalue weighted by atomic mass is 9.98. The van der Waals surface area contributed by atoms with Gasteiger partial charge in [0.1, 0.15) is 10.0 Å². The van der Waals surface area contributed by atoms with E-state index in [-0.39, 0.29) is 5.41 Å². The molecule has 1 aromatic rings. The highest BCUT2D eigenvalue weighted by Gasteiger charge is 2.22. The molecule has 0 bridgehead atoms. The van der Waals surface area contributed by atoms with Crippen molar-refractivity contribution in [3.8, 4) is 0 Å². The van der Waals surface area contributed by atoms with Gasteiger partial charge in [-0.05, 0) is 6.42 Å². The topological polar surface area (TPSA) is 38.9 Å². The molecule has 0 aliphatic rings. The van der Waals surface area contributed by atoms with Gasteiger partial charge in [0, 0.05) is 11.3 Å². The van der Waals surface area contributed by atoms with Crippen molar-refractivity contribution in [2.45, 2.75) is 52.4 Å². The summed E-state index contributed by atoms with van der Waals surface area (Å²) < 4.78 is 0. The highest BCUT2D eigenvalue weighted by atomic mass is 32.1. The van der Waals surface area contributed by atoms with Gasteiger partial charge in [0.05, 0.1) is 5.69 Å². The van der Waals surface area contributed by atoms with Gasteiger partial charge in [-0.3, -0.25) is 0 Å². The first kappa shape index (κ1) is 11.5. The molecular weight excluding hydrogens is 192 g/mol. The van der Waals surface area contributed by atoms with Gasteiger partial charge in [-0.1, -0.05) is 34.6 Å². The maximum Gasteiger partial charge on any atom is 0.110 e. The average Bonchev–Trinajstić information content (AvgIpc) is 2.45. The van der Waals surface area contributed by atoms with Crippen molar-refractivity contribution in [3.63, 3.8) is 0 Å². The van der Waals surface area contributed by atoms with E-state index in [0.29, 0.717) is 5.92 Å².